The van der Waals surface area contributed by atoms with E-state index in [9.17, 15) is 18.0 Å². The van der Waals surface area contributed by atoms with E-state index in [0.29, 0.717) is 6.42 Å². The monoisotopic (exact) mass is 416 g/mol. The van der Waals surface area contributed by atoms with E-state index in [1.807, 2.05) is 0 Å². The molecule has 10 heteroatoms. The molecule has 1 aromatic carbocycles. The summed E-state index contributed by atoms with van der Waals surface area (Å²) in [5.74, 6) is -1.36. The van der Waals surface area contributed by atoms with Gasteiger partial charge in [0.05, 0.1) is 29.1 Å². The normalized spacial score (nSPS) is 11.0. The second-order valence-corrected chi connectivity index (χ2v) is 8.54. The van der Waals surface area contributed by atoms with Gasteiger partial charge in [0.2, 0.25) is 0 Å². The molecule has 26 heavy (non-hydrogen) atoms. The zero-order chi connectivity index (χ0) is 19.3. The summed E-state index contributed by atoms with van der Waals surface area (Å²) in [7, 11) is -2.43. The maximum atomic E-state index is 12.4. The third kappa shape index (κ3) is 4.35. The number of hydrogen-bond acceptors (Lipinski definition) is 7. The molecule has 0 aliphatic heterocycles. The molecule has 0 aliphatic carbocycles. The van der Waals surface area contributed by atoms with Crippen molar-refractivity contribution in [1.29, 1.82) is 0 Å². The number of methoxy groups -OCH3 is 1. The number of esters is 1. The summed E-state index contributed by atoms with van der Waals surface area (Å²) < 4.78 is 29.5. The third-order valence-corrected chi connectivity index (χ3v) is 6.73. The zero-order valence-corrected chi connectivity index (χ0v) is 16.4. The van der Waals surface area contributed by atoms with Gasteiger partial charge in [0.1, 0.15) is 9.77 Å². The highest BCUT2D eigenvalue weighted by molar-refractivity contribution is 7.91. The van der Waals surface area contributed by atoms with Crippen LogP contribution in [0, 0.1) is 0 Å². The number of thiophene rings is 1. The van der Waals surface area contributed by atoms with E-state index >= 15 is 0 Å². The molecule has 0 saturated carbocycles. The molecule has 1 aromatic heterocycles. The van der Waals surface area contributed by atoms with Crippen LogP contribution < -0.4 is 10.9 Å². The SMILES string of the molecule is CCCS(=O)(=O)c1csc(C(=O)OC)c1NNC(=O)c1ccccc1Cl. The Morgan fingerprint density at radius 1 is 1.27 bits per heavy atom. The number of hydrogen-bond donors (Lipinski definition) is 2. The van der Waals surface area contributed by atoms with E-state index in [1.54, 1.807) is 25.1 Å². The number of rotatable bonds is 7. The van der Waals surface area contributed by atoms with Gasteiger partial charge in [0, 0.05) is 5.38 Å². The molecule has 0 bridgehead atoms. The molecule has 2 rings (SSSR count). The van der Waals surface area contributed by atoms with Gasteiger partial charge < -0.3 is 4.74 Å². The highest BCUT2D eigenvalue weighted by atomic mass is 35.5. The Bertz CT molecular complexity index is 924. The van der Waals surface area contributed by atoms with Crippen molar-refractivity contribution in [1.82, 2.24) is 5.43 Å². The molecular weight excluding hydrogens is 400 g/mol. The van der Waals surface area contributed by atoms with E-state index in [1.165, 1.54) is 18.6 Å². The summed E-state index contributed by atoms with van der Waals surface area (Å²) >= 11 is 6.89. The topological polar surface area (TPSA) is 102 Å². The van der Waals surface area contributed by atoms with Crippen LogP contribution in [0.4, 0.5) is 5.69 Å². The second kappa shape index (κ2) is 8.52. The fraction of sp³-hybridized carbons (Fsp3) is 0.250. The van der Waals surface area contributed by atoms with Crippen molar-refractivity contribution in [2.24, 2.45) is 0 Å². The lowest BCUT2D eigenvalue weighted by molar-refractivity contribution is 0.0606. The summed E-state index contributed by atoms with van der Waals surface area (Å²) in [4.78, 5) is 24.2. The van der Waals surface area contributed by atoms with Crippen LogP contribution in [-0.2, 0) is 14.6 Å². The van der Waals surface area contributed by atoms with Crippen LogP contribution in [0.5, 0.6) is 0 Å². The van der Waals surface area contributed by atoms with Crippen molar-refractivity contribution in [2.45, 2.75) is 18.2 Å². The largest absolute Gasteiger partial charge is 0.465 e. The maximum absolute atomic E-state index is 12.4. The lowest BCUT2D eigenvalue weighted by Gasteiger charge is -2.12. The Balaban J connectivity index is 2.35. The number of carbonyl (C=O) groups is 2. The van der Waals surface area contributed by atoms with E-state index in [4.69, 9.17) is 11.6 Å². The van der Waals surface area contributed by atoms with Gasteiger partial charge in [-0.05, 0) is 18.6 Å². The summed E-state index contributed by atoms with van der Waals surface area (Å²) in [5, 5.41) is 1.59. The van der Waals surface area contributed by atoms with E-state index in [0.717, 1.165) is 11.3 Å². The van der Waals surface area contributed by atoms with Gasteiger partial charge in [-0.2, -0.15) is 0 Å². The van der Waals surface area contributed by atoms with Crippen LogP contribution in [0.1, 0.15) is 33.4 Å². The van der Waals surface area contributed by atoms with Gasteiger partial charge in [0.25, 0.3) is 5.91 Å². The van der Waals surface area contributed by atoms with Gasteiger partial charge in [-0.15, -0.1) is 11.3 Å². The molecule has 0 spiro atoms. The van der Waals surface area contributed by atoms with Gasteiger partial charge >= 0.3 is 5.97 Å². The maximum Gasteiger partial charge on any atom is 0.350 e. The quantitative estimate of drug-likeness (QED) is 0.531. The zero-order valence-electron chi connectivity index (χ0n) is 14.0. The highest BCUT2D eigenvalue weighted by Crippen LogP contribution is 2.33. The lowest BCUT2D eigenvalue weighted by Crippen LogP contribution is -2.31. The summed E-state index contributed by atoms with van der Waals surface area (Å²) in [6.45, 7) is 1.73. The number of halogens is 1. The minimum atomic E-state index is -3.62. The fourth-order valence-corrected chi connectivity index (χ4v) is 5.18. The predicted octanol–water partition coefficient (Wildman–Crippen LogP) is 3.13. The standard InChI is InChI=1S/C16H17ClN2O5S2/c1-3-8-26(22,23)12-9-25-14(16(21)24-2)13(12)18-19-15(20)10-6-4-5-7-11(10)17/h4-7,9,18H,3,8H2,1-2H3,(H,19,20). The van der Waals surface area contributed by atoms with E-state index in [-0.39, 0.29) is 31.8 Å². The minimum Gasteiger partial charge on any atom is -0.465 e. The molecule has 0 aliphatic rings. The van der Waals surface area contributed by atoms with Crippen molar-refractivity contribution < 1.29 is 22.7 Å². The second-order valence-electron chi connectivity index (χ2n) is 5.17. The number of carbonyl (C=O) groups excluding carboxylic acids is 2. The first-order chi connectivity index (χ1) is 12.3. The summed E-state index contributed by atoms with van der Waals surface area (Å²) in [6.07, 6.45) is 0.414. The van der Waals surface area contributed by atoms with Gasteiger partial charge in [-0.25, -0.2) is 13.2 Å². The van der Waals surface area contributed by atoms with Crippen LogP contribution in [-0.4, -0.2) is 33.2 Å². The van der Waals surface area contributed by atoms with Crippen molar-refractivity contribution in [3.63, 3.8) is 0 Å². The molecule has 0 atom stereocenters. The first kappa shape index (κ1) is 20.2. The highest BCUT2D eigenvalue weighted by Gasteiger charge is 2.27. The van der Waals surface area contributed by atoms with Crippen molar-refractivity contribution >= 4 is 50.3 Å². The molecular formula is C16H17ClN2O5S2. The molecule has 1 amide bonds. The Kier molecular flexibility index (Phi) is 6.63. The average Bonchev–Trinajstić information content (AvgIpc) is 3.04. The fourth-order valence-electron chi connectivity index (χ4n) is 2.14. The van der Waals surface area contributed by atoms with Gasteiger partial charge in [-0.3, -0.25) is 15.6 Å². The number of anilines is 1. The number of benzene rings is 1. The number of ether oxygens (including phenoxy) is 1. The molecule has 0 saturated heterocycles. The number of nitrogens with one attached hydrogen (secondary N) is 2. The summed E-state index contributed by atoms with van der Waals surface area (Å²) in [6, 6.07) is 6.39. The molecule has 0 fully saturated rings. The number of sulfone groups is 1. The Hall–Kier alpha value is -2.10. The minimum absolute atomic E-state index is 0.0179. The van der Waals surface area contributed by atoms with Gasteiger partial charge in [0.15, 0.2) is 9.84 Å². The van der Waals surface area contributed by atoms with Crippen LogP contribution in [0.3, 0.4) is 0 Å². The molecule has 2 aromatic rings. The van der Waals surface area contributed by atoms with Crippen LogP contribution in [0.25, 0.3) is 0 Å². The Labute approximate surface area is 160 Å². The molecule has 140 valence electrons. The van der Waals surface area contributed by atoms with Crippen LogP contribution in [0.2, 0.25) is 5.02 Å². The number of amides is 1. The molecule has 2 N–H and O–H groups in total. The van der Waals surface area contributed by atoms with Gasteiger partial charge in [-0.1, -0.05) is 30.7 Å². The van der Waals surface area contributed by atoms with Crippen LogP contribution in [0.15, 0.2) is 34.5 Å². The molecule has 0 radical (unpaired) electrons. The Morgan fingerprint density at radius 3 is 2.58 bits per heavy atom. The summed E-state index contributed by atoms with van der Waals surface area (Å²) in [5.41, 5.74) is 5.10. The Morgan fingerprint density at radius 2 is 1.96 bits per heavy atom. The first-order valence-corrected chi connectivity index (χ1v) is 10.5. The van der Waals surface area contributed by atoms with Crippen molar-refractivity contribution in [3.8, 4) is 0 Å². The van der Waals surface area contributed by atoms with Crippen LogP contribution >= 0.6 is 22.9 Å². The predicted molar refractivity (Wildman–Crippen MR) is 101 cm³/mol. The van der Waals surface area contributed by atoms with E-state index in [2.05, 4.69) is 15.6 Å². The smallest absolute Gasteiger partial charge is 0.350 e. The lowest BCUT2D eigenvalue weighted by atomic mass is 10.2. The van der Waals surface area contributed by atoms with Crippen molar-refractivity contribution in [3.05, 3.63) is 45.1 Å². The van der Waals surface area contributed by atoms with E-state index < -0.39 is 21.7 Å². The van der Waals surface area contributed by atoms with Crippen molar-refractivity contribution in [2.75, 3.05) is 18.3 Å². The molecule has 7 nitrogen and oxygen atoms in total. The first-order valence-electron chi connectivity index (χ1n) is 7.55. The number of hydrazine groups is 1. The molecule has 1 heterocycles. The average molecular weight is 417 g/mol. The third-order valence-electron chi connectivity index (χ3n) is 3.36. The molecule has 0 unspecified atom stereocenters.